The lowest BCUT2D eigenvalue weighted by Gasteiger charge is -2.40. The van der Waals surface area contributed by atoms with Crippen molar-refractivity contribution in [1.29, 1.82) is 0 Å². The van der Waals surface area contributed by atoms with Crippen LogP contribution < -0.4 is 4.31 Å². The number of nitrogens with zero attached hydrogens (tertiary/aromatic N) is 1. The van der Waals surface area contributed by atoms with Gasteiger partial charge < -0.3 is 5.11 Å². The smallest absolute Gasteiger partial charge is 0.264 e. The van der Waals surface area contributed by atoms with Crippen LogP contribution in [-0.2, 0) is 10.0 Å². The Balaban J connectivity index is 1.93. The Morgan fingerprint density at radius 3 is 2.10 bits per heavy atom. The van der Waals surface area contributed by atoms with E-state index in [1.807, 2.05) is 38.1 Å². The minimum absolute atomic E-state index is 0.0989. The number of anilines is 1. The van der Waals surface area contributed by atoms with Gasteiger partial charge in [-0.2, -0.15) is 0 Å². The Bertz CT molecular complexity index is 1010. The standard InChI is InChI=1S/C24H31NO3S/c1-16-13-17(2)15-18(14-16)25(29(27,28)19-9-7-6-8-10-19)21-20-11-12-24(5,22(21)26)23(20,3)4/h6-10,13-15,20-22,26H,11-12H2,1-5H3/t20-,21-,22+,24+/m1/s1. The first-order valence-corrected chi connectivity index (χ1v) is 11.8. The molecule has 1 N–H and O–H groups in total. The molecule has 4 nitrogen and oxygen atoms in total. The maximum atomic E-state index is 13.9. The fraction of sp³-hybridized carbons (Fsp3) is 0.500. The van der Waals surface area contributed by atoms with Crippen LogP contribution in [0.4, 0.5) is 5.69 Å². The van der Waals surface area contributed by atoms with Crippen molar-refractivity contribution in [3.05, 3.63) is 59.7 Å². The SMILES string of the molecule is Cc1cc(C)cc(N([C@@H]2[C@H]3CC[C@@](C)([C@H]2O)C3(C)C)S(=O)(=O)c2ccccc2)c1. The van der Waals surface area contributed by atoms with Gasteiger partial charge in [-0.15, -0.1) is 0 Å². The Labute approximate surface area is 174 Å². The first-order valence-electron chi connectivity index (χ1n) is 10.4. The number of hydrogen-bond donors (Lipinski definition) is 1. The molecule has 0 aromatic heterocycles. The van der Waals surface area contributed by atoms with Crippen molar-refractivity contribution in [2.24, 2.45) is 16.7 Å². The van der Waals surface area contributed by atoms with Gasteiger partial charge in [0.1, 0.15) is 0 Å². The summed E-state index contributed by atoms with van der Waals surface area (Å²) in [5, 5.41) is 11.4. The van der Waals surface area contributed by atoms with E-state index in [1.165, 1.54) is 4.31 Å². The Morgan fingerprint density at radius 2 is 1.59 bits per heavy atom. The average Bonchev–Trinajstić information content (AvgIpc) is 2.95. The van der Waals surface area contributed by atoms with Crippen LogP contribution in [0.5, 0.6) is 0 Å². The topological polar surface area (TPSA) is 57.6 Å². The number of aliphatic hydroxyl groups excluding tert-OH is 1. The van der Waals surface area contributed by atoms with Crippen LogP contribution in [0.3, 0.4) is 0 Å². The lowest BCUT2D eigenvalue weighted by molar-refractivity contribution is 0.00654. The second-order valence-electron chi connectivity index (χ2n) is 9.68. The highest BCUT2D eigenvalue weighted by Gasteiger charge is 2.68. The van der Waals surface area contributed by atoms with Gasteiger partial charge in [0.15, 0.2) is 0 Å². The van der Waals surface area contributed by atoms with Gasteiger partial charge >= 0.3 is 0 Å². The van der Waals surface area contributed by atoms with E-state index in [2.05, 4.69) is 20.8 Å². The predicted octanol–water partition coefficient (Wildman–Crippen LogP) is 4.68. The van der Waals surface area contributed by atoms with Crippen LogP contribution in [0.2, 0.25) is 0 Å². The van der Waals surface area contributed by atoms with Gasteiger partial charge in [0, 0.05) is 5.41 Å². The highest BCUT2D eigenvalue weighted by molar-refractivity contribution is 7.92. The van der Waals surface area contributed by atoms with E-state index in [0.717, 1.165) is 24.0 Å². The molecule has 2 saturated carbocycles. The van der Waals surface area contributed by atoms with Crippen LogP contribution in [0, 0.1) is 30.6 Å². The lowest BCUT2D eigenvalue weighted by Crippen LogP contribution is -2.52. The highest BCUT2D eigenvalue weighted by atomic mass is 32.2. The summed E-state index contributed by atoms with van der Waals surface area (Å²) in [7, 11) is -3.83. The van der Waals surface area contributed by atoms with Crippen molar-refractivity contribution in [3.63, 3.8) is 0 Å². The fourth-order valence-electron chi connectivity index (χ4n) is 5.83. The lowest BCUT2D eigenvalue weighted by atomic mass is 9.70. The monoisotopic (exact) mass is 413 g/mol. The number of aryl methyl sites for hydroxylation is 2. The van der Waals surface area contributed by atoms with Gasteiger partial charge in [-0.05, 0) is 73.4 Å². The van der Waals surface area contributed by atoms with E-state index in [0.29, 0.717) is 5.69 Å². The van der Waals surface area contributed by atoms with Crippen molar-refractivity contribution in [2.45, 2.75) is 64.5 Å². The summed E-state index contributed by atoms with van der Waals surface area (Å²) in [6.07, 6.45) is 1.14. The zero-order valence-corrected chi connectivity index (χ0v) is 18.7. The van der Waals surface area contributed by atoms with Gasteiger partial charge in [0.05, 0.1) is 22.7 Å². The number of hydrogen-bond acceptors (Lipinski definition) is 3. The van der Waals surface area contributed by atoms with Gasteiger partial charge in [-0.1, -0.05) is 45.0 Å². The molecule has 4 atom stereocenters. The third-order valence-corrected chi connectivity index (χ3v) is 9.63. The molecule has 0 amide bonds. The molecule has 4 rings (SSSR count). The number of fused-ring (bicyclic) bond motifs is 2. The van der Waals surface area contributed by atoms with Crippen LogP contribution in [0.25, 0.3) is 0 Å². The molecule has 0 saturated heterocycles. The Kier molecular flexibility index (Phi) is 4.63. The zero-order chi connectivity index (χ0) is 21.2. The van der Waals surface area contributed by atoms with Crippen LogP contribution in [0.1, 0.15) is 44.7 Å². The first-order chi connectivity index (χ1) is 13.5. The molecule has 0 radical (unpaired) electrons. The minimum atomic E-state index is -3.83. The summed E-state index contributed by atoms with van der Waals surface area (Å²) in [6, 6.07) is 14.0. The molecule has 2 bridgehead atoms. The normalized spacial score (nSPS) is 30.5. The van der Waals surface area contributed by atoms with E-state index in [9.17, 15) is 13.5 Å². The summed E-state index contributed by atoms with van der Waals surface area (Å²) < 4.78 is 29.3. The number of rotatable bonds is 4. The molecule has 2 aromatic rings. The van der Waals surface area contributed by atoms with Gasteiger partial charge in [-0.25, -0.2) is 8.42 Å². The third kappa shape index (κ3) is 2.85. The molecular weight excluding hydrogens is 382 g/mol. The molecule has 0 spiro atoms. The zero-order valence-electron chi connectivity index (χ0n) is 17.9. The minimum Gasteiger partial charge on any atom is -0.390 e. The summed E-state index contributed by atoms with van der Waals surface area (Å²) >= 11 is 0. The van der Waals surface area contributed by atoms with E-state index in [1.54, 1.807) is 24.3 Å². The molecule has 0 aliphatic heterocycles. The molecule has 2 fully saturated rings. The largest absolute Gasteiger partial charge is 0.390 e. The van der Waals surface area contributed by atoms with Gasteiger partial charge in [0.2, 0.25) is 0 Å². The summed E-state index contributed by atoms with van der Waals surface area (Å²) in [5.74, 6) is 0.0989. The van der Waals surface area contributed by atoms with E-state index in [-0.39, 0.29) is 21.6 Å². The molecule has 29 heavy (non-hydrogen) atoms. The van der Waals surface area contributed by atoms with E-state index < -0.39 is 22.2 Å². The molecule has 0 unspecified atom stereocenters. The summed E-state index contributed by atoms with van der Waals surface area (Å²) in [4.78, 5) is 0.261. The van der Waals surface area contributed by atoms with Crippen LogP contribution in [-0.4, -0.2) is 25.7 Å². The maximum Gasteiger partial charge on any atom is 0.264 e. The van der Waals surface area contributed by atoms with Gasteiger partial charge in [-0.3, -0.25) is 4.31 Å². The molecule has 156 valence electrons. The Hall–Kier alpha value is -1.85. The summed E-state index contributed by atoms with van der Waals surface area (Å²) in [5.41, 5.74) is 2.22. The maximum absolute atomic E-state index is 13.9. The second-order valence-corrected chi connectivity index (χ2v) is 11.5. The molecule has 2 aliphatic rings. The summed E-state index contributed by atoms with van der Waals surface area (Å²) in [6.45, 7) is 10.4. The van der Waals surface area contributed by atoms with E-state index >= 15 is 0 Å². The number of benzene rings is 2. The van der Waals surface area contributed by atoms with Crippen molar-refractivity contribution >= 4 is 15.7 Å². The third-order valence-electron chi connectivity index (χ3n) is 7.79. The quantitative estimate of drug-likeness (QED) is 0.791. The van der Waals surface area contributed by atoms with Crippen LogP contribution >= 0.6 is 0 Å². The van der Waals surface area contributed by atoms with Crippen molar-refractivity contribution in [1.82, 2.24) is 0 Å². The van der Waals surface area contributed by atoms with Crippen LogP contribution in [0.15, 0.2) is 53.4 Å². The highest BCUT2D eigenvalue weighted by Crippen LogP contribution is 2.67. The second kappa shape index (κ2) is 6.58. The van der Waals surface area contributed by atoms with Crippen molar-refractivity contribution < 1.29 is 13.5 Å². The van der Waals surface area contributed by atoms with Gasteiger partial charge in [0.25, 0.3) is 10.0 Å². The number of aliphatic hydroxyl groups is 1. The fourth-order valence-corrected chi connectivity index (χ4v) is 7.53. The predicted molar refractivity (Wildman–Crippen MR) is 116 cm³/mol. The van der Waals surface area contributed by atoms with Crippen molar-refractivity contribution in [2.75, 3.05) is 4.31 Å². The molecule has 0 heterocycles. The Morgan fingerprint density at radius 1 is 1.00 bits per heavy atom. The first kappa shape index (κ1) is 20.4. The van der Waals surface area contributed by atoms with Crippen molar-refractivity contribution in [3.8, 4) is 0 Å². The molecule has 2 aromatic carbocycles. The average molecular weight is 414 g/mol. The van der Waals surface area contributed by atoms with E-state index in [4.69, 9.17) is 0 Å². The number of sulfonamides is 1. The molecule has 5 heteroatoms. The molecule has 2 aliphatic carbocycles. The molecular formula is C24H31NO3S.